The second-order valence-corrected chi connectivity index (χ2v) is 7.02. The molecule has 1 aliphatic heterocycles. The summed E-state index contributed by atoms with van der Waals surface area (Å²) in [6, 6.07) is 10.8. The number of fused-ring (bicyclic) bond motifs is 1. The van der Waals surface area contributed by atoms with Crippen LogP contribution in [-0.4, -0.2) is 37.7 Å². The number of hydrogen-bond acceptors (Lipinski definition) is 5. The van der Waals surface area contributed by atoms with Gasteiger partial charge in [-0.1, -0.05) is 12.1 Å². The Kier molecular flexibility index (Phi) is 7.17. The van der Waals surface area contributed by atoms with Gasteiger partial charge in [0.2, 0.25) is 5.91 Å². The van der Waals surface area contributed by atoms with Gasteiger partial charge in [-0.3, -0.25) is 9.59 Å². The third-order valence-corrected chi connectivity index (χ3v) is 4.70. The Morgan fingerprint density at radius 3 is 2.57 bits per heavy atom. The Bertz CT molecular complexity index is 912. The van der Waals surface area contributed by atoms with Crippen LogP contribution in [0.5, 0.6) is 17.2 Å². The molecule has 0 saturated heterocycles. The SMILES string of the molecule is CCOc1cc2c(cc1CNC(=O)CNC(=O)c1ccccc1OCC)O[C@@H](C)C2. The first kappa shape index (κ1) is 21.5. The highest BCUT2D eigenvalue weighted by atomic mass is 16.5. The maximum atomic E-state index is 12.4. The van der Waals surface area contributed by atoms with Gasteiger partial charge in [0.15, 0.2) is 0 Å². The lowest BCUT2D eigenvalue weighted by atomic mass is 10.1. The highest BCUT2D eigenvalue weighted by Crippen LogP contribution is 2.35. The Labute approximate surface area is 176 Å². The standard InChI is InChI=1S/C23H28N2O5/c1-4-28-19-9-7-6-8-18(19)23(27)25-14-22(26)24-13-17-12-21-16(10-15(3)30-21)11-20(17)29-5-2/h6-9,11-12,15H,4-5,10,13-14H2,1-3H3,(H,24,26)(H,25,27)/t15-/m0/s1. The van der Waals surface area contributed by atoms with E-state index < -0.39 is 0 Å². The molecule has 2 aromatic rings. The van der Waals surface area contributed by atoms with Crippen molar-refractivity contribution in [1.29, 1.82) is 0 Å². The fourth-order valence-corrected chi connectivity index (χ4v) is 3.36. The van der Waals surface area contributed by atoms with Crippen LogP contribution in [0, 0.1) is 0 Å². The maximum Gasteiger partial charge on any atom is 0.255 e. The second kappa shape index (κ2) is 10.0. The molecule has 0 radical (unpaired) electrons. The number of carbonyl (C=O) groups is 2. The van der Waals surface area contributed by atoms with E-state index in [-0.39, 0.29) is 31.0 Å². The van der Waals surface area contributed by atoms with Crippen molar-refractivity contribution in [2.75, 3.05) is 19.8 Å². The normalized spacial score (nSPS) is 14.4. The van der Waals surface area contributed by atoms with Crippen LogP contribution in [0.4, 0.5) is 0 Å². The molecular formula is C23H28N2O5. The van der Waals surface area contributed by atoms with E-state index in [0.29, 0.717) is 24.5 Å². The summed E-state index contributed by atoms with van der Waals surface area (Å²) in [6.07, 6.45) is 0.978. The third-order valence-electron chi connectivity index (χ3n) is 4.70. The van der Waals surface area contributed by atoms with Crippen LogP contribution in [0.2, 0.25) is 0 Å². The predicted octanol–water partition coefficient (Wildman–Crippen LogP) is 2.85. The number of ether oxygens (including phenoxy) is 3. The summed E-state index contributed by atoms with van der Waals surface area (Å²) in [4.78, 5) is 24.7. The summed E-state index contributed by atoms with van der Waals surface area (Å²) < 4.78 is 17.0. The Morgan fingerprint density at radius 2 is 1.80 bits per heavy atom. The number of benzene rings is 2. The quantitative estimate of drug-likeness (QED) is 0.662. The predicted molar refractivity (Wildman–Crippen MR) is 113 cm³/mol. The van der Waals surface area contributed by atoms with Gasteiger partial charge in [0.05, 0.1) is 25.3 Å². The Hall–Kier alpha value is -3.22. The number of rotatable bonds is 9. The molecule has 0 fully saturated rings. The molecule has 0 unspecified atom stereocenters. The van der Waals surface area contributed by atoms with Crippen LogP contribution < -0.4 is 24.8 Å². The van der Waals surface area contributed by atoms with Crippen molar-refractivity contribution in [2.45, 2.75) is 39.8 Å². The molecule has 1 heterocycles. The average Bonchev–Trinajstić information content (AvgIpc) is 3.10. The molecule has 7 nitrogen and oxygen atoms in total. The molecule has 0 saturated carbocycles. The average molecular weight is 412 g/mol. The fraction of sp³-hybridized carbons (Fsp3) is 0.391. The topological polar surface area (TPSA) is 85.9 Å². The largest absolute Gasteiger partial charge is 0.494 e. The van der Waals surface area contributed by atoms with E-state index in [4.69, 9.17) is 14.2 Å². The lowest BCUT2D eigenvalue weighted by molar-refractivity contribution is -0.120. The molecule has 160 valence electrons. The van der Waals surface area contributed by atoms with Gasteiger partial charge in [0.1, 0.15) is 23.4 Å². The Balaban J connectivity index is 1.57. The molecule has 2 N–H and O–H groups in total. The van der Waals surface area contributed by atoms with Gasteiger partial charge in [-0.25, -0.2) is 0 Å². The molecule has 7 heteroatoms. The van der Waals surface area contributed by atoms with E-state index in [9.17, 15) is 9.59 Å². The minimum absolute atomic E-state index is 0.133. The van der Waals surface area contributed by atoms with Crippen molar-refractivity contribution >= 4 is 11.8 Å². The van der Waals surface area contributed by atoms with Crippen LogP contribution in [0.3, 0.4) is 0 Å². The molecule has 1 aliphatic rings. The van der Waals surface area contributed by atoms with E-state index in [1.54, 1.807) is 24.3 Å². The fourth-order valence-electron chi connectivity index (χ4n) is 3.36. The van der Waals surface area contributed by atoms with Crippen LogP contribution in [0.1, 0.15) is 42.3 Å². The van der Waals surface area contributed by atoms with Gasteiger partial charge in [0, 0.05) is 24.1 Å². The maximum absolute atomic E-state index is 12.4. The minimum Gasteiger partial charge on any atom is -0.494 e. The highest BCUT2D eigenvalue weighted by molar-refractivity contribution is 5.98. The summed E-state index contributed by atoms with van der Waals surface area (Å²) in [7, 11) is 0. The van der Waals surface area contributed by atoms with Gasteiger partial charge in [-0.15, -0.1) is 0 Å². The van der Waals surface area contributed by atoms with E-state index >= 15 is 0 Å². The molecule has 3 rings (SSSR count). The van der Waals surface area contributed by atoms with Crippen LogP contribution in [-0.2, 0) is 17.8 Å². The van der Waals surface area contributed by atoms with Crippen molar-refractivity contribution in [1.82, 2.24) is 10.6 Å². The molecule has 0 bridgehead atoms. The van der Waals surface area contributed by atoms with E-state index in [1.807, 2.05) is 32.9 Å². The Morgan fingerprint density at radius 1 is 1.07 bits per heavy atom. The second-order valence-electron chi connectivity index (χ2n) is 7.02. The zero-order valence-electron chi connectivity index (χ0n) is 17.6. The molecule has 30 heavy (non-hydrogen) atoms. The summed E-state index contributed by atoms with van der Waals surface area (Å²) in [5, 5.41) is 5.46. The summed E-state index contributed by atoms with van der Waals surface area (Å²) in [5.41, 5.74) is 2.35. The number of carbonyl (C=O) groups excluding carboxylic acids is 2. The molecule has 2 amide bonds. The zero-order valence-corrected chi connectivity index (χ0v) is 17.6. The van der Waals surface area contributed by atoms with Crippen LogP contribution in [0.15, 0.2) is 36.4 Å². The highest BCUT2D eigenvalue weighted by Gasteiger charge is 2.22. The monoisotopic (exact) mass is 412 g/mol. The van der Waals surface area contributed by atoms with Gasteiger partial charge in [-0.05, 0) is 45.0 Å². The molecule has 1 atom stereocenters. The first-order valence-corrected chi connectivity index (χ1v) is 10.2. The smallest absolute Gasteiger partial charge is 0.255 e. The first-order chi connectivity index (χ1) is 14.5. The molecule has 0 aromatic heterocycles. The molecular weight excluding hydrogens is 384 g/mol. The summed E-state index contributed by atoms with van der Waals surface area (Å²) >= 11 is 0. The number of amides is 2. The lowest BCUT2D eigenvalue weighted by Gasteiger charge is -2.14. The summed E-state index contributed by atoms with van der Waals surface area (Å²) in [6.45, 7) is 6.93. The van der Waals surface area contributed by atoms with Crippen molar-refractivity contribution in [3.63, 3.8) is 0 Å². The summed E-state index contributed by atoms with van der Waals surface area (Å²) in [5.74, 6) is 1.41. The van der Waals surface area contributed by atoms with Crippen LogP contribution in [0.25, 0.3) is 0 Å². The molecule has 0 spiro atoms. The minimum atomic E-state index is -0.357. The van der Waals surface area contributed by atoms with Gasteiger partial charge in [-0.2, -0.15) is 0 Å². The van der Waals surface area contributed by atoms with Crippen LogP contribution >= 0.6 is 0 Å². The number of para-hydroxylation sites is 1. The third kappa shape index (κ3) is 5.23. The van der Waals surface area contributed by atoms with E-state index in [1.165, 1.54) is 0 Å². The van der Waals surface area contributed by atoms with Crippen molar-refractivity contribution in [2.24, 2.45) is 0 Å². The first-order valence-electron chi connectivity index (χ1n) is 10.2. The zero-order chi connectivity index (χ0) is 21.5. The number of nitrogens with one attached hydrogen (secondary N) is 2. The lowest BCUT2D eigenvalue weighted by Crippen LogP contribution is -2.36. The van der Waals surface area contributed by atoms with Gasteiger partial charge >= 0.3 is 0 Å². The van der Waals surface area contributed by atoms with Gasteiger partial charge in [0.25, 0.3) is 5.91 Å². The molecule has 2 aromatic carbocycles. The van der Waals surface area contributed by atoms with E-state index in [0.717, 1.165) is 29.0 Å². The van der Waals surface area contributed by atoms with E-state index in [2.05, 4.69) is 10.6 Å². The van der Waals surface area contributed by atoms with Crippen molar-refractivity contribution < 1.29 is 23.8 Å². The number of hydrogen-bond donors (Lipinski definition) is 2. The molecule has 0 aliphatic carbocycles. The van der Waals surface area contributed by atoms with Crippen molar-refractivity contribution in [3.05, 3.63) is 53.1 Å². The van der Waals surface area contributed by atoms with Gasteiger partial charge < -0.3 is 24.8 Å². The van der Waals surface area contributed by atoms with Crippen molar-refractivity contribution in [3.8, 4) is 17.2 Å².